The van der Waals surface area contributed by atoms with Crippen molar-refractivity contribution in [3.05, 3.63) is 66.4 Å². The minimum atomic E-state index is -0.0630. The van der Waals surface area contributed by atoms with Crippen LogP contribution in [0, 0.1) is 0 Å². The molecule has 0 bridgehead atoms. The summed E-state index contributed by atoms with van der Waals surface area (Å²) in [6, 6.07) is 18.8. The van der Waals surface area contributed by atoms with Gasteiger partial charge in [-0.15, -0.1) is 0 Å². The molecule has 0 aliphatic rings. The Hall–Kier alpha value is -3.11. The van der Waals surface area contributed by atoms with Crippen LogP contribution in [0.5, 0.6) is 0 Å². The van der Waals surface area contributed by atoms with Crippen molar-refractivity contribution in [2.24, 2.45) is 0 Å². The van der Waals surface area contributed by atoms with Crippen molar-refractivity contribution >= 4 is 33.3 Å². The van der Waals surface area contributed by atoms with Gasteiger partial charge in [-0.25, -0.2) is 0 Å². The highest BCUT2D eigenvalue weighted by Crippen LogP contribution is 2.36. The molecule has 1 amide bonds. The van der Waals surface area contributed by atoms with Crippen LogP contribution in [0.4, 0.5) is 5.69 Å². The van der Waals surface area contributed by atoms with Crippen molar-refractivity contribution in [2.45, 2.75) is 13.3 Å². The maximum atomic E-state index is 11.9. The third-order valence-electron chi connectivity index (χ3n) is 5.14. The Bertz CT molecular complexity index is 1160. The van der Waals surface area contributed by atoms with Gasteiger partial charge in [0.1, 0.15) is 0 Å². The van der Waals surface area contributed by atoms with Crippen LogP contribution >= 0.6 is 0 Å². The van der Waals surface area contributed by atoms with E-state index in [1.165, 1.54) is 10.9 Å². The van der Waals surface area contributed by atoms with Crippen molar-refractivity contribution in [1.29, 1.82) is 0 Å². The number of aromatic nitrogens is 1. The molecule has 0 atom stereocenters. The lowest BCUT2D eigenvalue weighted by molar-refractivity contribution is -0.114. The van der Waals surface area contributed by atoms with E-state index in [4.69, 9.17) is 0 Å². The molecule has 0 unspecified atom stereocenters. The van der Waals surface area contributed by atoms with Gasteiger partial charge in [0.25, 0.3) is 0 Å². The quantitative estimate of drug-likeness (QED) is 0.516. The molecule has 0 aliphatic carbocycles. The van der Waals surface area contributed by atoms with Crippen molar-refractivity contribution in [3.8, 4) is 11.1 Å². The van der Waals surface area contributed by atoms with Gasteiger partial charge in [0.05, 0.1) is 5.69 Å². The number of carbonyl (C=O) groups is 1. The molecule has 0 radical (unpaired) electrons. The molecule has 0 saturated carbocycles. The number of amides is 1. The number of H-pyrrole nitrogens is 1. The van der Waals surface area contributed by atoms with Gasteiger partial charge >= 0.3 is 0 Å². The van der Waals surface area contributed by atoms with Gasteiger partial charge in [-0.05, 0) is 49.2 Å². The van der Waals surface area contributed by atoms with Crippen molar-refractivity contribution < 1.29 is 4.79 Å². The van der Waals surface area contributed by atoms with E-state index in [0.717, 1.165) is 46.1 Å². The van der Waals surface area contributed by atoms with E-state index >= 15 is 0 Å². The summed E-state index contributed by atoms with van der Waals surface area (Å²) < 4.78 is 0. The molecule has 142 valence electrons. The monoisotopic (exact) mass is 371 g/mol. The Kier molecular flexibility index (Phi) is 4.88. The largest absolute Gasteiger partial charge is 0.361 e. The molecule has 0 saturated heterocycles. The van der Waals surface area contributed by atoms with E-state index in [1.54, 1.807) is 6.92 Å². The smallest absolute Gasteiger partial charge is 0.221 e. The standard InChI is InChI=1S/C24H25N3O/c1-16(28)26-24-20-7-5-4-6-17(20)8-10-21(24)18-9-11-23-22(14-18)19(15-25-23)12-13-27(2)3/h4-11,14-15,25H,12-13H2,1-3H3,(H,26,28). The van der Waals surface area contributed by atoms with Crippen molar-refractivity contribution in [3.63, 3.8) is 0 Å². The molecule has 4 nitrogen and oxygen atoms in total. The van der Waals surface area contributed by atoms with Crippen LogP contribution in [0.15, 0.2) is 60.8 Å². The van der Waals surface area contributed by atoms with E-state index < -0.39 is 0 Å². The Labute approximate surface area is 165 Å². The highest BCUT2D eigenvalue weighted by molar-refractivity contribution is 6.08. The predicted octanol–water partition coefficient (Wildman–Crippen LogP) is 5.05. The molecule has 28 heavy (non-hydrogen) atoms. The van der Waals surface area contributed by atoms with Crippen molar-refractivity contribution in [2.75, 3.05) is 26.0 Å². The Morgan fingerprint density at radius 1 is 1.04 bits per heavy atom. The molecule has 0 aliphatic heterocycles. The molecule has 0 spiro atoms. The summed E-state index contributed by atoms with van der Waals surface area (Å²) in [6.07, 6.45) is 3.10. The van der Waals surface area contributed by atoms with E-state index in [9.17, 15) is 4.79 Å². The third-order valence-corrected chi connectivity index (χ3v) is 5.14. The van der Waals surface area contributed by atoms with Crippen LogP contribution in [0.1, 0.15) is 12.5 Å². The van der Waals surface area contributed by atoms with Gasteiger partial charge in [-0.2, -0.15) is 0 Å². The number of hydrogen-bond acceptors (Lipinski definition) is 2. The van der Waals surface area contributed by atoms with E-state index in [1.807, 2.05) is 12.1 Å². The second-order valence-electron chi connectivity index (χ2n) is 7.52. The maximum Gasteiger partial charge on any atom is 0.221 e. The Balaban J connectivity index is 1.86. The van der Waals surface area contributed by atoms with Crippen molar-refractivity contribution in [1.82, 2.24) is 9.88 Å². The average Bonchev–Trinajstić information content (AvgIpc) is 3.08. The first-order chi connectivity index (χ1) is 13.5. The van der Waals surface area contributed by atoms with Crippen LogP contribution in [-0.2, 0) is 11.2 Å². The zero-order valence-electron chi connectivity index (χ0n) is 16.5. The van der Waals surface area contributed by atoms with Crippen LogP contribution in [0.3, 0.4) is 0 Å². The van der Waals surface area contributed by atoms with Gasteiger partial charge in [0, 0.05) is 41.5 Å². The minimum Gasteiger partial charge on any atom is -0.361 e. The Morgan fingerprint density at radius 3 is 2.64 bits per heavy atom. The fraction of sp³-hybridized carbons (Fsp3) is 0.208. The SMILES string of the molecule is CC(=O)Nc1c(-c2ccc3[nH]cc(CCN(C)C)c3c2)ccc2ccccc12. The number of benzene rings is 3. The number of carbonyl (C=O) groups excluding carboxylic acids is 1. The van der Waals surface area contributed by atoms with Crippen LogP contribution in [0.2, 0.25) is 0 Å². The molecule has 4 heteroatoms. The molecule has 3 aromatic carbocycles. The number of likely N-dealkylation sites (N-methyl/N-ethyl adjacent to an activating group) is 1. The molecule has 1 heterocycles. The number of fused-ring (bicyclic) bond motifs is 2. The summed E-state index contributed by atoms with van der Waals surface area (Å²) in [5.41, 5.74) is 5.46. The fourth-order valence-electron chi connectivity index (χ4n) is 3.72. The van der Waals surface area contributed by atoms with E-state index in [-0.39, 0.29) is 5.91 Å². The molecule has 4 aromatic rings. The van der Waals surface area contributed by atoms with Gasteiger partial charge in [-0.1, -0.05) is 42.5 Å². The first-order valence-corrected chi connectivity index (χ1v) is 9.57. The van der Waals surface area contributed by atoms with Crippen LogP contribution in [0.25, 0.3) is 32.8 Å². The number of nitrogens with zero attached hydrogens (tertiary/aromatic N) is 1. The third kappa shape index (κ3) is 3.51. The lowest BCUT2D eigenvalue weighted by Gasteiger charge is -2.14. The van der Waals surface area contributed by atoms with Gasteiger partial charge < -0.3 is 15.2 Å². The highest BCUT2D eigenvalue weighted by atomic mass is 16.1. The first kappa shape index (κ1) is 18.3. The first-order valence-electron chi connectivity index (χ1n) is 9.57. The molecule has 2 N–H and O–H groups in total. The lowest BCUT2D eigenvalue weighted by Crippen LogP contribution is -2.14. The second kappa shape index (κ2) is 7.49. The fourth-order valence-corrected chi connectivity index (χ4v) is 3.72. The molecular formula is C24H25N3O. The number of rotatable bonds is 5. The molecule has 0 fully saturated rings. The molecule has 4 rings (SSSR count). The van der Waals surface area contributed by atoms with E-state index in [2.05, 4.69) is 78.0 Å². The Morgan fingerprint density at radius 2 is 1.86 bits per heavy atom. The van der Waals surface area contributed by atoms with Crippen LogP contribution in [-0.4, -0.2) is 36.4 Å². The zero-order valence-corrected chi connectivity index (χ0v) is 16.5. The average molecular weight is 371 g/mol. The maximum absolute atomic E-state index is 11.9. The van der Waals surface area contributed by atoms with Gasteiger partial charge in [-0.3, -0.25) is 4.79 Å². The summed E-state index contributed by atoms with van der Waals surface area (Å²) in [5.74, 6) is -0.0630. The van der Waals surface area contributed by atoms with Crippen LogP contribution < -0.4 is 5.32 Å². The second-order valence-corrected chi connectivity index (χ2v) is 7.52. The minimum absolute atomic E-state index is 0.0630. The summed E-state index contributed by atoms with van der Waals surface area (Å²) >= 11 is 0. The normalized spacial score (nSPS) is 11.4. The van der Waals surface area contributed by atoms with Gasteiger partial charge in [0.15, 0.2) is 0 Å². The summed E-state index contributed by atoms with van der Waals surface area (Å²) in [7, 11) is 4.18. The molecular weight excluding hydrogens is 346 g/mol. The summed E-state index contributed by atoms with van der Waals surface area (Å²) in [6.45, 7) is 2.56. The number of nitrogens with one attached hydrogen (secondary N) is 2. The summed E-state index contributed by atoms with van der Waals surface area (Å²) in [4.78, 5) is 17.5. The topological polar surface area (TPSA) is 48.1 Å². The predicted molar refractivity (Wildman–Crippen MR) is 118 cm³/mol. The summed E-state index contributed by atoms with van der Waals surface area (Å²) in [5, 5.41) is 6.46. The zero-order chi connectivity index (χ0) is 19.7. The van der Waals surface area contributed by atoms with E-state index in [0.29, 0.717) is 0 Å². The number of anilines is 1. The lowest BCUT2D eigenvalue weighted by atomic mass is 9.96. The number of hydrogen-bond donors (Lipinski definition) is 2. The highest BCUT2D eigenvalue weighted by Gasteiger charge is 2.13. The van der Waals surface area contributed by atoms with Gasteiger partial charge in [0.2, 0.25) is 5.91 Å². The molecule has 1 aromatic heterocycles. The number of aromatic amines is 1.